The molecule has 5 saturated carbocycles. The molecule has 0 aromatic rings. The number of amides is 1. The van der Waals surface area contributed by atoms with Gasteiger partial charge in [0.2, 0.25) is 5.91 Å². The molecule has 3 heteroatoms. The summed E-state index contributed by atoms with van der Waals surface area (Å²) in [6.07, 6.45) is 10.7. The zero-order chi connectivity index (χ0) is 14.9. The van der Waals surface area contributed by atoms with Crippen molar-refractivity contribution < 1.29 is 4.79 Å². The fourth-order valence-corrected chi connectivity index (χ4v) is 6.84. The van der Waals surface area contributed by atoms with E-state index in [0.717, 1.165) is 5.92 Å². The Morgan fingerprint density at radius 2 is 1.76 bits per heavy atom. The monoisotopic (exact) mass is 290 g/mol. The number of nitrogens with two attached hydrogens (primary N) is 1. The standard InChI is InChI=1S/C18H30N2O/c1-16-6-12-7-17(2,9-16)11-18(8-12,10-16)20-15(21)5-14(19)13-3-4-13/h12-14H,3-11,19H2,1-2H3,(H,20,21). The van der Waals surface area contributed by atoms with E-state index >= 15 is 0 Å². The minimum absolute atomic E-state index is 0.0866. The van der Waals surface area contributed by atoms with Crippen molar-refractivity contribution in [2.24, 2.45) is 28.4 Å². The van der Waals surface area contributed by atoms with Gasteiger partial charge in [0.25, 0.3) is 0 Å². The van der Waals surface area contributed by atoms with Gasteiger partial charge < -0.3 is 11.1 Å². The molecule has 0 aromatic heterocycles. The van der Waals surface area contributed by atoms with E-state index in [1.807, 2.05) is 0 Å². The van der Waals surface area contributed by atoms with E-state index in [1.165, 1.54) is 51.4 Å². The van der Waals surface area contributed by atoms with Gasteiger partial charge in [-0.25, -0.2) is 0 Å². The number of nitrogens with one attached hydrogen (secondary N) is 1. The summed E-state index contributed by atoms with van der Waals surface area (Å²) < 4.78 is 0. The van der Waals surface area contributed by atoms with Crippen molar-refractivity contribution in [2.75, 3.05) is 0 Å². The fourth-order valence-electron chi connectivity index (χ4n) is 6.84. The average Bonchev–Trinajstić information content (AvgIpc) is 3.04. The highest BCUT2D eigenvalue weighted by molar-refractivity contribution is 5.77. The topological polar surface area (TPSA) is 55.1 Å². The molecule has 118 valence electrons. The van der Waals surface area contributed by atoms with Crippen LogP contribution in [0.4, 0.5) is 0 Å². The van der Waals surface area contributed by atoms with Gasteiger partial charge in [-0.15, -0.1) is 0 Å². The largest absolute Gasteiger partial charge is 0.351 e. The lowest BCUT2D eigenvalue weighted by Crippen LogP contribution is -2.65. The van der Waals surface area contributed by atoms with Crippen LogP contribution in [0.15, 0.2) is 0 Å². The maximum absolute atomic E-state index is 12.5. The van der Waals surface area contributed by atoms with Crippen LogP contribution in [0, 0.1) is 22.7 Å². The molecule has 0 radical (unpaired) electrons. The zero-order valence-corrected chi connectivity index (χ0v) is 13.6. The first-order valence-electron chi connectivity index (χ1n) is 8.86. The van der Waals surface area contributed by atoms with Crippen molar-refractivity contribution >= 4 is 5.91 Å². The van der Waals surface area contributed by atoms with Crippen molar-refractivity contribution in [3.8, 4) is 0 Å². The first kappa shape index (κ1) is 14.0. The average molecular weight is 290 g/mol. The van der Waals surface area contributed by atoms with Gasteiger partial charge in [0.05, 0.1) is 0 Å². The van der Waals surface area contributed by atoms with E-state index in [0.29, 0.717) is 23.2 Å². The Morgan fingerprint density at radius 1 is 1.14 bits per heavy atom. The minimum Gasteiger partial charge on any atom is -0.351 e. The van der Waals surface area contributed by atoms with Gasteiger partial charge in [0.15, 0.2) is 0 Å². The van der Waals surface area contributed by atoms with Crippen LogP contribution >= 0.6 is 0 Å². The molecule has 0 saturated heterocycles. The van der Waals surface area contributed by atoms with Gasteiger partial charge in [-0.05, 0) is 74.0 Å². The molecule has 5 aliphatic rings. The quantitative estimate of drug-likeness (QED) is 0.836. The smallest absolute Gasteiger partial charge is 0.221 e. The lowest BCUT2D eigenvalue weighted by atomic mass is 9.43. The minimum atomic E-state index is 0.0866. The molecule has 3 unspecified atom stereocenters. The van der Waals surface area contributed by atoms with Gasteiger partial charge >= 0.3 is 0 Å². The summed E-state index contributed by atoms with van der Waals surface area (Å²) in [6, 6.07) is 0.0880. The molecule has 5 aliphatic carbocycles. The Balaban J connectivity index is 1.47. The molecule has 5 rings (SSSR count). The number of carbonyl (C=O) groups is 1. The van der Waals surface area contributed by atoms with Crippen LogP contribution in [0.1, 0.15) is 71.6 Å². The molecule has 4 bridgehead atoms. The van der Waals surface area contributed by atoms with Crippen LogP contribution in [0.3, 0.4) is 0 Å². The molecule has 0 heterocycles. The van der Waals surface area contributed by atoms with E-state index in [9.17, 15) is 4.79 Å². The number of hydrogen-bond acceptors (Lipinski definition) is 2. The van der Waals surface area contributed by atoms with E-state index in [1.54, 1.807) is 0 Å². The molecule has 1 amide bonds. The highest BCUT2D eigenvalue weighted by Gasteiger charge is 2.60. The van der Waals surface area contributed by atoms with Crippen LogP contribution in [-0.2, 0) is 4.79 Å². The number of rotatable bonds is 4. The lowest BCUT2D eigenvalue weighted by Gasteiger charge is -2.65. The van der Waals surface area contributed by atoms with Crippen molar-refractivity contribution in [1.29, 1.82) is 0 Å². The normalized spacial score (nSPS) is 49.2. The molecule has 0 aliphatic heterocycles. The van der Waals surface area contributed by atoms with E-state index in [2.05, 4.69) is 19.2 Å². The third-order valence-electron chi connectivity index (χ3n) is 6.68. The molecular formula is C18H30N2O. The summed E-state index contributed by atoms with van der Waals surface area (Å²) in [6.45, 7) is 4.90. The van der Waals surface area contributed by atoms with Gasteiger partial charge in [0, 0.05) is 18.0 Å². The molecule has 0 aromatic carbocycles. The Morgan fingerprint density at radius 3 is 2.29 bits per heavy atom. The van der Waals surface area contributed by atoms with Gasteiger partial charge in [0.1, 0.15) is 0 Å². The predicted molar refractivity (Wildman–Crippen MR) is 83.6 cm³/mol. The summed E-state index contributed by atoms with van der Waals surface area (Å²) in [5, 5.41) is 3.47. The Hall–Kier alpha value is -0.570. The van der Waals surface area contributed by atoms with Crippen LogP contribution in [0.2, 0.25) is 0 Å². The first-order chi connectivity index (χ1) is 9.79. The molecule has 21 heavy (non-hydrogen) atoms. The molecule has 3 N–H and O–H groups in total. The Bertz CT molecular complexity index is 452. The number of carbonyl (C=O) groups excluding carboxylic acids is 1. The van der Waals surface area contributed by atoms with Crippen LogP contribution < -0.4 is 11.1 Å². The molecular weight excluding hydrogens is 260 g/mol. The zero-order valence-electron chi connectivity index (χ0n) is 13.6. The Labute approximate surface area is 128 Å². The summed E-state index contributed by atoms with van der Waals surface area (Å²) in [4.78, 5) is 12.5. The molecule has 3 atom stereocenters. The van der Waals surface area contributed by atoms with Gasteiger partial charge in [-0.1, -0.05) is 13.8 Å². The summed E-state index contributed by atoms with van der Waals surface area (Å²) in [7, 11) is 0. The third-order valence-corrected chi connectivity index (χ3v) is 6.68. The van der Waals surface area contributed by atoms with Crippen molar-refractivity contribution in [2.45, 2.75) is 83.2 Å². The maximum atomic E-state index is 12.5. The second-order valence-corrected chi connectivity index (χ2v) is 9.66. The Kier molecular flexibility index (Phi) is 2.84. The second kappa shape index (κ2) is 4.24. The van der Waals surface area contributed by atoms with Crippen LogP contribution in [0.25, 0.3) is 0 Å². The lowest BCUT2D eigenvalue weighted by molar-refractivity contribution is -0.140. The van der Waals surface area contributed by atoms with Crippen molar-refractivity contribution in [3.05, 3.63) is 0 Å². The fraction of sp³-hybridized carbons (Fsp3) is 0.944. The second-order valence-electron chi connectivity index (χ2n) is 9.66. The van der Waals surface area contributed by atoms with Crippen molar-refractivity contribution in [1.82, 2.24) is 5.32 Å². The molecule has 3 nitrogen and oxygen atoms in total. The first-order valence-corrected chi connectivity index (χ1v) is 8.86. The van der Waals surface area contributed by atoms with Gasteiger partial charge in [-0.3, -0.25) is 4.79 Å². The van der Waals surface area contributed by atoms with E-state index < -0.39 is 0 Å². The SMILES string of the molecule is CC12CC3CC(C)(C1)CC(NC(=O)CC(N)C1CC1)(C3)C2. The molecule has 5 fully saturated rings. The molecule has 0 spiro atoms. The van der Waals surface area contributed by atoms with Gasteiger partial charge in [-0.2, -0.15) is 0 Å². The summed E-state index contributed by atoms with van der Waals surface area (Å²) >= 11 is 0. The third kappa shape index (κ3) is 2.52. The van der Waals surface area contributed by atoms with E-state index in [-0.39, 0.29) is 17.5 Å². The van der Waals surface area contributed by atoms with Crippen LogP contribution in [-0.4, -0.2) is 17.5 Å². The highest BCUT2D eigenvalue weighted by atomic mass is 16.1. The van der Waals surface area contributed by atoms with Crippen LogP contribution in [0.5, 0.6) is 0 Å². The highest BCUT2D eigenvalue weighted by Crippen LogP contribution is 2.66. The maximum Gasteiger partial charge on any atom is 0.221 e. The summed E-state index contributed by atoms with van der Waals surface area (Å²) in [5.41, 5.74) is 7.14. The van der Waals surface area contributed by atoms with E-state index in [4.69, 9.17) is 5.73 Å². The van der Waals surface area contributed by atoms with Crippen molar-refractivity contribution in [3.63, 3.8) is 0 Å². The number of hydrogen-bond donors (Lipinski definition) is 2. The predicted octanol–water partition coefficient (Wildman–Crippen LogP) is 2.98. The summed E-state index contributed by atoms with van der Waals surface area (Å²) in [5.74, 6) is 1.65.